The first-order valence-electron chi connectivity index (χ1n) is 13.9. The molecule has 2 aromatic carbocycles. The first-order valence-corrected chi connectivity index (χ1v) is 17.4. The van der Waals surface area contributed by atoms with Gasteiger partial charge in [-0.15, -0.1) is 0 Å². The van der Waals surface area contributed by atoms with Crippen molar-refractivity contribution in [2.75, 3.05) is 36.3 Å². The minimum atomic E-state index is -4.01. The number of aryl methyl sites for hydroxylation is 1. The number of ether oxygens (including phenoxy) is 3. The summed E-state index contributed by atoms with van der Waals surface area (Å²) < 4.78 is 64.0. The molecule has 4 rings (SSSR count). The van der Waals surface area contributed by atoms with Crippen LogP contribution in [-0.2, 0) is 19.9 Å². The van der Waals surface area contributed by atoms with Gasteiger partial charge in [-0.1, -0.05) is 33.8 Å². The number of nitrogen functional groups attached to an aromatic ring is 4. The Morgan fingerprint density at radius 1 is 0.660 bits per heavy atom. The summed E-state index contributed by atoms with van der Waals surface area (Å²) >= 11 is 0. The van der Waals surface area contributed by atoms with E-state index in [1.165, 1.54) is 31.6 Å². The molecule has 0 aliphatic rings. The fourth-order valence-electron chi connectivity index (χ4n) is 4.30. The molecule has 254 valence electrons. The number of aromatic nitrogens is 4. The van der Waals surface area contributed by atoms with E-state index in [1.807, 2.05) is 33.8 Å². The Kier molecular flexibility index (Phi) is 11.1. The Morgan fingerprint density at radius 2 is 1.09 bits per heavy atom. The Labute approximate surface area is 273 Å². The molecule has 0 bridgehead atoms. The number of methoxy groups -OCH3 is 1. The molecule has 0 atom stereocenters. The molecule has 0 aliphatic heterocycles. The van der Waals surface area contributed by atoms with Crippen LogP contribution in [0.15, 0.2) is 46.5 Å². The van der Waals surface area contributed by atoms with Crippen LogP contribution >= 0.6 is 0 Å². The van der Waals surface area contributed by atoms with Crippen molar-refractivity contribution in [1.82, 2.24) is 19.9 Å². The van der Waals surface area contributed by atoms with E-state index in [1.54, 1.807) is 13.0 Å². The Morgan fingerprint density at radius 3 is 1.45 bits per heavy atom. The second-order valence-electron chi connectivity index (χ2n) is 11.0. The zero-order valence-electron chi connectivity index (χ0n) is 27.0. The molecule has 2 heterocycles. The van der Waals surface area contributed by atoms with Crippen molar-refractivity contribution in [1.29, 1.82) is 0 Å². The van der Waals surface area contributed by atoms with Crippen molar-refractivity contribution in [3.8, 4) is 28.7 Å². The zero-order valence-corrected chi connectivity index (χ0v) is 28.6. The monoisotopic (exact) mass is 689 g/mol. The van der Waals surface area contributed by atoms with Crippen LogP contribution in [0.1, 0.15) is 56.2 Å². The Bertz CT molecular complexity index is 2000. The SMILES string of the molecule is COc1cc(C(C)C)c(Oc2cnc(N)nc2N)cc1S(N)(=O)=O.Cc1cc(C(C)C)c(Oc2cnc(N)nc2N)cc1S(C)(=O)=O. The molecule has 0 unspecified atom stereocenters. The number of hydrogen-bond donors (Lipinski definition) is 5. The van der Waals surface area contributed by atoms with Gasteiger partial charge >= 0.3 is 0 Å². The highest BCUT2D eigenvalue weighted by atomic mass is 32.2. The van der Waals surface area contributed by atoms with Gasteiger partial charge in [-0.05, 0) is 42.0 Å². The Balaban J connectivity index is 0.000000256. The maximum atomic E-state index is 11.9. The number of nitrogens with two attached hydrogens (primary N) is 5. The molecule has 16 nitrogen and oxygen atoms in total. The van der Waals surface area contributed by atoms with Crippen LogP contribution in [0, 0.1) is 6.92 Å². The average Bonchev–Trinajstić information content (AvgIpc) is 2.95. The summed E-state index contributed by atoms with van der Waals surface area (Å²) in [6, 6.07) is 6.17. The number of primary sulfonamides is 1. The maximum absolute atomic E-state index is 11.9. The van der Waals surface area contributed by atoms with Crippen LogP contribution in [0.5, 0.6) is 28.7 Å². The summed E-state index contributed by atoms with van der Waals surface area (Å²) in [6.07, 6.45) is 3.83. The molecule has 0 amide bonds. The van der Waals surface area contributed by atoms with Gasteiger partial charge < -0.3 is 37.1 Å². The quantitative estimate of drug-likeness (QED) is 0.168. The predicted octanol–water partition coefficient (Wildman–Crippen LogP) is 3.48. The average molecular weight is 690 g/mol. The zero-order chi connectivity index (χ0) is 35.4. The molecule has 18 heteroatoms. The highest BCUT2D eigenvalue weighted by Gasteiger charge is 2.22. The number of anilines is 4. The summed E-state index contributed by atoms with van der Waals surface area (Å²) in [5.41, 5.74) is 24.7. The summed E-state index contributed by atoms with van der Waals surface area (Å²) in [6.45, 7) is 9.57. The second-order valence-corrected chi connectivity index (χ2v) is 14.5. The van der Waals surface area contributed by atoms with Gasteiger partial charge in [-0.2, -0.15) is 9.97 Å². The lowest BCUT2D eigenvalue weighted by atomic mass is 10.00. The van der Waals surface area contributed by atoms with Gasteiger partial charge in [0, 0.05) is 17.9 Å². The summed E-state index contributed by atoms with van der Waals surface area (Å²) in [4.78, 5) is 15.3. The normalized spacial score (nSPS) is 11.6. The van der Waals surface area contributed by atoms with Gasteiger partial charge in [-0.3, -0.25) is 0 Å². The summed E-state index contributed by atoms with van der Waals surface area (Å²) in [7, 11) is -6.02. The highest BCUT2D eigenvalue weighted by molar-refractivity contribution is 7.90. The second kappa shape index (κ2) is 14.2. The van der Waals surface area contributed by atoms with Crippen LogP contribution < -0.4 is 42.3 Å². The number of benzene rings is 2. The van der Waals surface area contributed by atoms with Gasteiger partial charge in [0.25, 0.3) is 0 Å². The third-order valence-corrected chi connectivity index (χ3v) is 8.77. The fourth-order valence-corrected chi connectivity index (χ4v) is 5.96. The van der Waals surface area contributed by atoms with Crippen LogP contribution in [-0.4, -0.2) is 50.1 Å². The molecule has 2 aromatic heterocycles. The topological polar surface area (TPSA) is 278 Å². The molecular formula is C29H39N9O7S2. The smallest absolute Gasteiger partial charge is 0.241 e. The number of sulfonamides is 1. The van der Waals surface area contributed by atoms with Crippen LogP contribution in [0.4, 0.5) is 23.5 Å². The van der Waals surface area contributed by atoms with Crippen LogP contribution in [0.25, 0.3) is 0 Å². The standard InChI is InChI=1S/C15H20N4O3S.C14H19N5O4S/c1-8(2)10-5-9(3)13(23(4,20)21)6-11(10)22-12-7-18-15(17)19-14(12)16;1-7(2)8-4-10(22-3)12(24(17,20)21)5-9(8)23-11-6-18-14(16)19-13(11)15/h5-8H,1-4H3,(H4,16,17,18,19);4-7H,1-3H3,(H2,17,20,21)(H4,15,16,18,19). The minimum Gasteiger partial charge on any atom is -0.495 e. The molecular weight excluding hydrogens is 651 g/mol. The van der Waals surface area contributed by atoms with E-state index in [4.69, 9.17) is 42.3 Å². The van der Waals surface area contributed by atoms with E-state index in [9.17, 15) is 16.8 Å². The maximum Gasteiger partial charge on any atom is 0.241 e. The van der Waals surface area contributed by atoms with Crippen molar-refractivity contribution < 1.29 is 31.0 Å². The van der Waals surface area contributed by atoms with E-state index in [0.29, 0.717) is 16.9 Å². The van der Waals surface area contributed by atoms with E-state index in [2.05, 4.69) is 19.9 Å². The molecule has 0 saturated heterocycles. The van der Waals surface area contributed by atoms with E-state index < -0.39 is 19.9 Å². The minimum absolute atomic E-state index is 0.00360. The van der Waals surface area contributed by atoms with Gasteiger partial charge in [0.1, 0.15) is 22.1 Å². The lowest BCUT2D eigenvalue weighted by Gasteiger charge is -2.17. The first-order chi connectivity index (χ1) is 21.7. The van der Waals surface area contributed by atoms with Gasteiger partial charge in [0.15, 0.2) is 33.0 Å². The summed E-state index contributed by atoms with van der Waals surface area (Å²) in [5.74, 6) is 1.49. The molecule has 0 aliphatic carbocycles. The molecule has 0 radical (unpaired) electrons. The Hall–Kier alpha value is -4.94. The summed E-state index contributed by atoms with van der Waals surface area (Å²) in [5, 5.41) is 5.24. The van der Waals surface area contributed by atoms with E-state index in [0.717, 1.165) is 11.8 Å². The molecule has 47 heavy (non-hydrogen) atoms. The number of sulfone groups is 1. The first kappa shape index (κ1) is 36.5. The third kappa shape index (κ3) is 9.08. The lowest BCUT2D eigenvalue weighted by molar-refractivity contribution is 0.398. The molecule has 4 aromatic rings. The number of nitrogens with zero attached hydrogens (tertiary/aromatic N) is 4. The molecule has 0 fully saturated rings. The van der Waals surface area contributed by atoms with Gasteiger partial charge in [0.05, 0.1) is 24.4 Å². The van der Waals surface area contributed by atoms with Crippen molar-refractivity contribution in [2.45, 2.75) is 56.2 Å². The lowest BCUT2D eigenvalue weighted by Crippen LogP contribution is -2.14. The third-order valence-electron chi connectivity index (χ3n) is 6.60. The van der Waals surface area contributed by atoms with Crippen LogP contribution in [0.2, 0.25) is 0 Å². The fraction of sp³-hybridized carbons (Fsp3) is 0.310. The predicted molar refractivity (Wildman–Crippen MR) is 179 cm³/mol. The van der Waals surface area contributed by atoms with Crippen molar-refractivity contribution in [2.24, 2.45) is 5.14 Å². The van der Waals surface area contributed by atoms with Crippen LogP contribution in [0.3, 0.4) is 0 Å². The van der Waals surface area contributed by atoms with Crippen molar-refractivity contribution >= 4 is 43.4 Å². The highest BCUT2D eigenvalue weighted by Crippen LogP contribution is 2.39. The number of rotatable bonds is 9. The van der Waals surface area contributed by atoms with Gasteiger partial charge in [-0.25, -0.2) is 31.9 Å². The van der Waals surface area contributed by atoms with E-state index >= 15 is 0 Å². The van der Waals surface area contributed by atoms with E-state index in [-0.39, 0.29) is 68.2 Å². The largest absolute Gasteiger partial charge is 0.495 e. The molecule has 0 saturated carbocycles. The molecule has 10 N–H and O–H groups in total. The number of hydrogen-bond acceptors (Lipinski definition) is 15. The van der Waals surface area contributed by atoms with Crippen molar-refractivity contribution in [3.05, 3.63) is 53.3 Å². The van der Waals surface area contributed by atoms with Gasteiger partial charge in [0.2, 0.25) is 21.9 Å². The molecule has 0 spiro atoms. The van der Waals surface area contributed by atoms with Crippen molar-refractivity contribution in [3.63, 3.8) is 0 Å².